The molecule has 4 atom stereocenters. The van der Waals surface area contributed by atoms with Crippen molar-refractivity contribution in [1.29, 1.82) is 0 Å². The number of hydrogen-bond acceptors (Lipinski definition) is 6. The molecule has 0 aliphatic carbocycles. The van der Waals surface area contributed by atoms with E-state index in [1.165, 1.54) is 0 Å². The van der Waals surface area contributed by atoms with Crippen molar-refractivity contribution in [3.8, 4) is 0 Å². The summed E-state index contributed by atoms with van der Waals surface area (Å²) < 4.78 is 10.9. The smallest absolute Gasteiger partial charge is 0.325 e. The zero-order valence-corrected chi connectivity index (χ0v) is 20.1. The van der Waals surface area contributed by atoms with Gasteiger partial charge in [-0.15, -0.1) is 0 Å². The van der Waals surface area contributed by atoms with Gasteiger partial charge in [0.05, 0.1) is 12.6 Å². The number of aliphatic carboxylic acids is 3. The van der Waals surface area contributed by atoms with Crippen LogP contribution in [0.4, 0.5) is 0 Å². The van der Waals surface area contributed by atoms with Crippen LogP contribution in [0.25, 0.3) is 0 Å². The van der Waals surface area contributed by atoms with Crippen molar-refractivity contribution in [3.63, 3.8) is 0 Å². The summed E-state index contributed by atoms with van der Waals surface area (Å²) in [5.74, 6) is -3.53. The van der Waals surface area contributed by atoms with Crippen LogP contribution in [0, 0.1) is 18.8 Å². The molecule has 0 spiro atoms. The summed E-state index contributed by atoms with van der Waals surface area (Å²) in [7, 11) is -4.06. The van der Waals surface area contributed by atoms with Crippen molar-refractivity contribution < 1.29 is 44.1 Å². The van der Waals surface area contributed by atoms with Crippen molar-refractivity contribution in [1.82, 2.24) is 5.32 Å². The van der Waals surface area contributed by atoms with Crippen molar-refractivity contribution in [2.45, 2.75) is 45.2 Å². The Hall–Kier alpha value is -2.56. The Morgan fingerprint density at radius 2 is 1.82 bits per heavy atom. The lowest BCUT2D eigenvalue weighted by Crippen LogP contribution is -2.36. The van der Waals surface area contributed by atoms with E-state index in [0.29, 0.717) is 6.54 Å². The molecule has 2 rings (SSSR count). The van der Waals surface area contributed by atoms with E-state index in [0.717, 1.165) is 22.3 Å². The lowest BCUT2D eigenvalue weighted by Gasteiger charge is -2.19. The average molecular weight is 500 g/mol. The third-order valence-corrected chi connectivity index (χ3v) is 6.41. The van der Waals surface area contributed by atoms with Gasteiger partial charge >= 0.3 is 25.5 Å². The molecule has 0 saturated carbocycles. The highest BCUT2D eigenvalue weighted by Gasteiger charge is 2.41. The van der Waals surface area contributed by atoms with Crippen molar-refractivity contribution in [2.75, 3.05) is 12.7 Å². The molecule has 1 aliphatic rings. The SMILES string of the molecule is C=C(C)[C@H]1CN[C@H](C(=O)O)[C@H]1CC(=O)O.Cc1ccc(CCP(=O)(O)O)c(C[C@H](N)C(=O)O)c1. The zero-order chi connectivity index (χ0) is 26.2. The van der Waals surface area contributed by atoms with Crippen LogP contribution >= 0.6 is 7.60 Å². The molecule has 11 nitrogen and oxygen atoms in total. The summed E-state index contributed by atoms with van der Waals surface area (Å²) in [6.45, 7) is 7.91. The number of carboxylic acids is 3. The minimum Gasteiger partial charge on any atom is -0.481 e. The number of rotatable bonds is 10. The standard InChI is InChI=1S/C12H18NO5P.C10H15NO4/c1-8-2-3-9(4-5-19(16,17)18)10(6-8)7-11(13)12(14)15;1-5(2)7-4-11-9(10(14)15)6(7)3-8(12)13/h2-3,6,11H,4-5,7,13H2,1H3,(H,14,15)(H2,16,17,18);6-7,9,11H,1,3-4H2,2H3,(H,12,13)(H,14,15)/t11-;6-,7+,9-/m00/s1. The van der Waals surface area contributed by atoms with E-state index in [9.17, 15) is 18.9 Å². The third kappa shape index (κ3) is 9.74. The van der Waals surface area contributed by atoms with Gasteiger partial charge in [0, 0.05) is 12.5 Å². The van der Waals surface area contributed by atoms with Gasteiger partial charge in [-0.3, -0.25) is 18.9 Å². The number of hydrogen-bond donors (Lipinski definition) is 7. The largest absolute Gasteiger partial charge is 0.481 e. The first-order valence-electron chi connectivity index (χ1n) is 10.6. The third-order valence-electron chi connectivity index (χ3n) is 5.60. The van der Waals surface area contributed by atoms with Gasteiger partial charge in [-0.1, -0.05) is 35.9 Å². The predicted molar refractivity (Wildman–Crippen MR) is 125 cm³/mol. The van der Waals surface area contributed by atoms with Crippen molar-refractivity contribution in [2.24, 2.45) is 17.6 Å². The molecule has 0 radical (unpaired) electrons. The number of benzene rings is 1. The maximum Gasteiger partial charge on any atom is 0.325 e. The number of aryl methyl sites for hydroxylation is 2. The molecule has 0 amide bonds. The van der Waals surface area contributed by atoms with Crippen LogP contribution in [-0.2, 0) is 31.8 Å². The Bertz CT molecular complexity index is 938. The second-order valence-electron chi connectivity index (χ2n) is 8.50. The zero-order valence-electron chi connectivity index (χ0n) is 19.2. The van der Waals surface area contributed by atoms with Gasteiger partial charge < -0.3 is 36.2 Å². The average Bonchev–Trinajstić information content (AvgIpc) is 3.10. The monoisotopic (exact) mass is 500 g/mol. The first kappa shape index (κ1) is 29.5. The molecule has 34 heavy (non-hydrogen) atoms. The van der Waals surface area contributed by atoms with Gasteiger partial charge in [0.15, 0.2) is 0 Å². The van der Waals surface area contributed by atoms with E-state index in [1.807, 2.05) is 13.0 Å². The number of carbonyl (C=O) groups is 3. The summed E-state index contributed by atoms with van der Waals surface area (Å²) >= 11 is 0. The quantitative estimate of drug-likeness (QED) is 0.178. The maximum atomic E-state index is 10.9. The minimum atomic E-state index is -4.06. The van der Waals surface area contributed by atoms with Gasteiger partial charge in [-0.25, -0.2) is 0 Å². The second kappa shape index (κ2) is 12.8. The Morgan fingerprint density at radius 1 is 1.21 bits per heavy atom. The fourth-order valence-corrected chi connectivity index (χ4v) is 4.37. The van der Waals surface area contributed by atoms with E-state index in [1.54, 1.807) is 19.1 Å². The van der Waals surface area contributed by atoms with Crippen LogP contribution < -0.4 is 11.1 Å². The van der Waals surface area contributed by atoms with Crippen LogP contribution in [0.3, 0.4) is 0 Å². The highest BCUT2D eigenvalue weighted by Crippen LogP contribution is 2.35. The topological polar surface area (TPSA) is 207 Å². The number of nitrogens with one attached hydrogen (secondary N) is 1. The highest BCUT2D eigenvalue weighted by molar-refractivity contribution is 7.51. The number of nitrogens with two attached hydrogens (primary N) is 1. The van der Waals surface area contributed by atoms with E-state index in [-0.39, 0.29) is 31.3 Å². The van der Waals surface area contributed by atoms with Crippen LogP contribution in [0.1, 0.15) is 30.0 Å². The van der Waals surface area contributed by atoms with Crippen molar-refractivity contribution in [3.05, 3.63) is 47.0 Å². The molecule has 8 N–H and O–H groups in total. The van der Waals surface area contributed by atoms with Gasteiger partial charge in [-0.2, -0.15) is 0 Å². The molecule has 1 fully saturated rings. The molecular formula is C22H33N2O9P. The molecule has 1 saturated heterocycles. The molecule has 190 valence electrons. The Morgan fingerprint density at radius 3 is 2.29 bits per heavy atom. The normalized spacial score (nSPS) is 20.7. The number of carboxylic acid groups (broad SMARTS) is 3. The summed E-state index contributed by atoms with van der Waals surface area (Å²) in [5, 5.41) is 29.3. The van der Waals surface area contributed by atoms with Crippen LogP contribution in [0.5, 0.6) is 0 Å². The summed E-state index contributed by atoms with van der Waals surface area (Å²) in [4.78, 5) is 50.1. The van der Waals surface area contributed by atoms with E-state index in [4.69, 9.17) is 30.8 Å². The van der Waals surface area contributed by atoms with Crippen LogP contribution in [-0.4, -0.2) is 67.8 Å². The Labute approximate surface area is 197 Å². The molecule has 0 bridgehead atoms. The Balaban J connectivity index is 0.000000350. The lowest BCUT2D eigenvalue weighted by atomic mass is 9.84. The summed E-state index contributed by atoms with van der Waals surface area (Å²) in [5.41, 5.74) is 8.73. The fraction of sp³-hybridized carbons (Fsp3) is 0.500. The van der Waals surface area contributed by atoms with E-state index >= 15 is 0 Å². The highest BCUT2D eigenvalue weighted by atomic mass is 31.2. The molecule has 1 heterocycles. The molecule has 0 aromatic heterocycles. The van der Waals surface area contributed by atoms with E-state index < -0.39 is 43.5 Å². The van der Waals surface area contributed by atoms with Crippen LogP contribution in [0.15, 0.2) is 30.4 Å². The van der Waals surface area contributed by atoms with E-state index in [2.05, 4.69) is 11.9 Å². The van der Waals surface area contributed by atoms with Gasteiger partial charge in [-0.05, 0) is 43.7 Å². The first-order chi connectivity index (χ1) is 15.6. The maximum absolute atomic E-state index is 10.9. The summed E-state index contributed by atoms with van der Waals surface area (Å²) in [6.07, 6.45) is -0.0490. The second-order valence-corrected chi connectivity index (χ2v) is 10.3. The van der Waals surface area contributed by atoms with Gasteiger partial charge in [0.2, 0.25) is 0 Å². The molecule has 1 aliphatic heterocycles. The van der Waals surface area contributed by atoms with Gasteiger partial charge in [0.1, 0.15) is 12.1 Å². The molecule has 12 heteroatoms. The minimum absolute atomic E-state index is 0.0674. The molecule has 1 aromatic rings. The molecule has 1 aromatic carbocycles. The Kier molecular flexibility index (Phi) is 11.1. The van der Waals surface area contributed by atoms with Gasteiger partial charge in [0.25, 0.3) is 0 Å². The molecular weight excluding hydrogens is 467 g/mol. The van der Waals surface area contributed by atoms with Crippen molar-refractivity contribution >= 4 is 25.5 Å². The predicted octanol–water partition coefficient (Wildman–Crippen LogP) is 0.996. The lowest BCUT2D eigenvalue weighted by molar-refractivity contribution is -0.142. The molecule has 0 unspecified atom stereocenters. The fourth-order valence-electron chi connectivity index (χ4n) is 3.84. The van der Waals surface area contributed by atoms with Crippen LogP contribution in [0.2, 0.25) is 0 Å². The first-order valence-corrected chi connectivity index (χ1v) is 12.4. The summed E-state index contributed by atoms with van der Waals surface area (Å²) in [6, 6.07) is 3.59.